The van der Waals surface area contributed by atoms with E-state index < -0.39 is 0 Å². The molecule has 0 aromatic carbocycles. The Kier molecular flexibility index (Phi) is 6.57. The Morgan fingerprint density at radius 2 is 1.00 bits per heavy atom. The molecular formula is C14H30N2O2. The van der Waals surface area contributed by atoms with E-state index in [9.17, 15) is 0 Å². The first-order valence-electron chi connectivity index (χ1n) is 7.02. The van der Waals surface area contributed by atoms with E-state index in [1.807, 2.05) is 0 Å². The van der Waals surface area contributed by atoms with Crippen molar-refractivity contribution in [1.82, 2.24) is 9.80 Å². The maximum atomic E-state index is 8.67. The van der Waals surface area contributed by atoms with Gasteiger partial charge < -0.3 is 20.0 Å². The highest BCUT2D eigenvalue weighted by Crippen LogP contribution is 2.30. The molecule has 0 bridgehead atoms. The molecule has 2 aliphatic carbocycles. The molecule has 2 aliphatic rings. The number of hydrogen-bond acceptors (Lipinski definition) is 4. The fraction of sp³-hybridized carbons (Fsp3) is 1.00. The van der Waals surface area contributed by atoms with Crippen LogP contribution in [0.2, 0.25) is 0 Å². The summed E-state index contributed by atoms with van der Waals surface area (Å²) < 4.78 is 0. The second-order valence-electron chi connectivity index (χ2n) is 6.27. The molecule has 2 rings (SSSR count). The number of hydrogen-bond donors (Lipinski definition) is 2. The standard InChI is InChI=1S/2C7H15NO/c2*1-8(2)7-3-6(4-7)5-9/h2*6-7,9H,3-5H2,1-2H3. The van der Waals surface area contributed by atoms with Crippen molar-refractivity contribution in [1.29, 1.82) is 0 Å². The molecule has 4 nitrogen and oxygen atoms in total. The van der Waals surface area contributed by atoms with Crippen molar-refractivity contribution in [3.8, 4) is 0 Å². The molecule has 4 heteroatoms. The summed E-state index contributed by atoms with van der Waals surface area (Å²) in [5, 5.41) is 17.3. The molecule has 2 saturated carbocycles. The van der Waals surface area contributed by atoms with E-state index in [2.05, 4.69) is 38.0 Å². The van der Waals surface area contributed by atoms with Crippen LogP contribution in [0.25, 0.3) is 0 Å². The lowest BCUT2D eigenvalue weighted by Crippen LogP contribution is -2.41. The van der Waals surface area contributed by atoms with E-state index in [1.165, 1.54) is 25.7 Å². The zero-order chi connectivity index (χ0) is 13.7. The van der Waals surface area contributed by atoms with Gasteiger partial charge >= 0.3 is 0 Å². The molecule has 0 aromatic heterocycles. The van der Waals surface area contributed by atoms with Gasteiger partial charge in [-0.1, -0.05) is 0 Å². The molecule has 2 fully saturated rings. The molecule has 0 unspecified atom stereocenters. The summed E-state index contributed by atoms with van der Waals surface area (Å²) in [4.78, 5) is 4.46. The minimum atomic E-state index is 0.379. The van der Waals surface area contributed by atoms with Gasteiger partial charge in [-0.05, 0) is 65.7 Å². The molecule has 0 saturated heterocycles. The Morgan fingerprint density at radius 3 is 1.17 bits per heavy atom. The quantitative estimate of drug-likeness (QED) is 0.777. The minimum Gasteiger partial charge on any atom is -0.396 e. The highest BCUT2D eigenvalue weighted by Gasteiger charge is 2.29. The maximum Gasteiger partial charge on any atom is 0.0460 e. The molecule has 0 heterocycles. The van der Waals surface area contributed by atoms with Crippen molar-refractivity contribution >= 4 is 0 Å². The van der Waals surface area contributed by atoms with Crippen molar-refractivity contribution in [2.75, 3.05) is 41.4 Å². The Morgan fingerprint density at radius 1 is 0.722 bits per heavy atom. The van der Waals surface area contributed by atoms with Crippen LogP contribution in [0.1, 0.15) is 25.7 Å². The van der Waals surface area contributed by atoms with Gasteiger partial charge in [0.15, 0.2) is 0 Å². The number of rotatable bonds is 4. The zero-order valence-corrected chi connectivity index (χ0v) is 12.3. The third kappa shape index (κ3) is 4.50. The number of aliphatic hydroxyl groups is 2. The van der Waals surface area contributed by atoms with Crippen molar-refractivity contribution in [3.05, 3.63) is 0 Å². The summed E-state index contributed by atoms with van der Waals surface area (Å²) in [6.07, 6.45) is 4.74. The van der Waals surface area contributed by atoms with Crippen molar-refractivity contribution in [3.63, 3.8) is 0 Å². The van der Waals surface area contributed by atoms with Gasteiger partial charge in [0.1, 0.15) is 0 Å². The van der Waals surface area contributed by atoms with Crippen LogP contribution in [0.4, 0.5) is 0 Å². The van der Waals surface area contributed by atoms with E-state index >= 15 is 0 Å². The Balaban J connectivity index is 0.000000180. The molecule has 0 amide bonds. The third-order valence-electron chi connectivity index (χ3n) is 4.40. The Labute approximate surface area is 112 Å². The van der Waals surface area contributed by atoms with Crippen molar-refractivity contribution in [2.24, 2.45) is 11.8 Å². The third-order valence-corrected chi connectivity index (χ3v) is 4.40. The first-order chi connectivity index (χ1) is 8.47. The fourth-order valence-corrected chi connectivity index (χ4v) is 2.54. The summed E-state index contributed by atoms with van der Waals surface area (Å²) in [7, 11) is 8.38. The lowest BCUT2D eigenvalue weighted by Gasteiger charge is -2.38. The zero-order valence-electron chi connectivity index (χ0n) is 12.3. The van der Waals surface area contributed by atoms with Gasteiger partial charge in [-0.15, -0.1) is 0 Å². The summed E-state index contributed by atoms with van der Waals surface area (Å²) in [5.41, 5.74) is 0. The van der Waals surface area contributed by atoms with Crippen LogP contribution in [-0.2, 0) is 0 Å². The summed E-state index contributed by atoms with van der Waals surface area (Å²) in [6.45, 7) is 0.759. The average Bonchev–Trinajstić information content (AvgIpc) is 2.14. The van der Waals surface area contributed by atoms with Crippen LogP contribution in [0.5, 0.6) is 0 Å². The highest BCUT2D eigenvalue weighted by molar-refractivity contribution is 4.84. The molecule has 18 heavy (non-hydrogen) atoms. The Bertz CT molecular complexity index is 198. The smallest absolute Gasteiger partial charge is 0.0460 e. The van der Waals surface area contributed by atoms with Crippen LogP contribution in [0, 0.1) is 11.8 Å². The normalized spacial score (nSPS) is 34.7. The SMILES string of the molecule is CN(C)C1CC(CO)C1.CN(C)C1CC(CO)C1. The first-order valence-corrected chi connectivity index (χ1v) is 7.02. The van der Waals surface area contributed by atoms with Crippen LogP contribution in [0.15, 0.2) is 0 Å². The van der Waals surface area contributed by atoms with Crippen molar-refractivity contribution < 1.29 is 10.2 Å². The maximum absolute atomic E-state index is 8.67. The van der Waals surface area contributed by atoms with E-state index in [4.69, 9.17) is 10.2 Å². The topological polar surface area (TPSA) is 46.9 Å². The molecule has 0 aliphatic heterocycles. The summed E-state index contributed by atoms with van der Waals surface area (Å²) in [6, 6.07) is 1.48. The molecule has 0 aromatic rings. The predicted octanol–water partition coefficient (Wildman–Crippen LogP) is 0.638. The molecule has 0 atom stereocenters. The van der Waals surface area contributed by atoms with Gasteiger partial charge in [-0.25, -0.2) is 0 Å². The van der Waals surface area contributed by atoms with Gasteiger partial charge in [0.05, 0.1) is 0 Å². The molecule has 108 valence electrons. The molecule has 2 N–H and O–H groups in total. The second-order valence-corrected chi connectivity index (χ2v) is 6.27. The molecule has 0 radical (unpaired) electrons. The largest absolute Gasteiger partial charge is 0.396 e. The van der Waals surface area contributed by atoms with E-state index in [0.717, 1.165) is 12.1 Å². The lowest BCUT2D eigenvalue weighted by atomic mass is 9.80. The summed E-state index contributed by atoms with van der Waals surface area (Å²) in [5.74, 6) is 1.19. The predicted molar refractivity (Wildman–Crippen MR) is 74.6 cm³/mol. The number of aliphatic hydroxyl groups excluding tert-OH is 2. The fourth-order valence-electron chi connectivity index (χ4n) is 2.54. The van der Waals surface area contributed by atoms with Gasteiger partial charge in [-0.2, -0.15) is 0 Å². The minimum absolute atomic E-state index is 0.379. The van der Waals surface area contributed by atoms with E-state index in [0.29, 0.717) is 25.0 Å². The van der Waals surface area contributed by atoms with Crippen LogP contribution in [0.3, 0.4) is 0 Å². The first kappa shape index (κ1) is 15.9. The van der Waals surface area contributed by atoms with Gasteiger partial charge in [0.2, 0.25) is 0 Å². The van der Waals surface area contributed by atoms with Crippen LogP contribution >= 0.6 is 0 Å². The monoisotopic (exact) mass is 258 g/mol. The van der Waals surface area contributed by atoms with Crippen molar-refractivity contribution in [2.45, 2.75) is 37.8 Å². The summed E-state index contributed by atoms with van der Waals surface area (Å²) >= 11 is 0. The lowest BCUT2D eigenvalue weighted by molar-refractivity contribution is 0.0745. The van der Waals surface area contributed by atoms with Gasteiger partial charge in [-0.3, -0.25) is 0 Å². The Hall–Kier alpha value is -0.160. The van der Waals surface area contributed by atoms with Gasteiger partial charge in [0.25, 0.3) is 0 Å². The van der Waals surface area contributed by atoms with Crippen LogP contribution < -0.4 is 0 Å². The second kappa shape index (κ2) is 7.43. The van der Waals surface area contributed by atoms with E-state index in [1.54, 1.807) is 0 Å². The molecular weight excluding hydrogens is 228 g/mol. The average molecular weight is 258 g/mol. The highest BCUT2D eigenvalue weighted by atomic mass is 16.3. The van der Waals surface area contributed by atoms with Gasteiger partial charge in [0, 0.05) is 25.3 Å². The van der Waals surface area contributed by atoms with E-state index in [-0.39, 0.29) is 0 Å². The van der Waals surface area contributed by atoms with Crippen LogP contribution in [-0.4, -0.2) is 73.5 Å². The number of nitrogens with zero attached hydrogens (tertiary/aromatic N) is 2. The molecule has 0 spiro atoms.